The molecule has 0 atom stereocenters. The second-order valence-electron chi connectivity index (χ2n) is 8.92. The molecule has 0 aliphatic carbocycles. The van der Waals surface area contributed by atoms with Gasteiger partial charge in [-0.25, -0.2) is 4.79 Å². The van der Waals surface area contributed by atoms with E-state index < -0.39 is 23.4 Å². The van der Waals surface area contributed by atoms with Crippen molar-refractivity contribution in [3.8, 4) is 11.1 Å². The Morgan fingerprint density at radius 3 is 2.31 bits per heavy atom. The fourth-order valence-electron chi connectivity index (χ4n) is 3.64. The van der Waals surface area contributed by atoms with Crippen molar-refractivity contribution in [2.45, 2.75) is 59.0 Å². The standard InChI is InChI=1S/C24H27F3N2O3/c1-15(30)28-13-16-11-18-9-10-29(22(31)32-23(2,3)4)14-21(18)20(12-16)17-5-7-19(8-6-17)24(25,26)27/h5-8,11-12H,9-10,13-14H2,1-4H3,(H,28,30). The van der Waals surface area contributed by atoms with Crippen molar-refractivity contribution < 1.29 is 27.5 Å². The zero-order valence-corrected chi connectivity index (χ0v) is 18.6. The van der Waals surface area contributed by atoms with Crippen molar-refractivity contribution in [2.75, 3.05) is 6.54 Å². The molecule has 0 radical (unpaired) electrons. The number of nitrogens with one attached hydrogen (secondary N) is 1. The van der Waals surface area contributed by atoms with Crippen molar-refractivity contribution in [2.24, 2.45) is 0 Å². The number of fused-ring (bicyclic) bond motifs is 1. The molecular weight excluding hydrogens is 421 g/mol. The molecule has 0 saturated heterocycles. The number of hydrogen-bond acceptors (Lipinski definition) is 3. The highest BCUT2D eigenvalue weighted by molar-refractivity contribution is 5.75. The van der Waals surface area contributed by atoms with Crippen LogP contribution in [0.4, 0.5) is 18.0 Å². The van der Waals surface area contributed by atoms with E-state index in [9.17, 15) is 22.8 Å². The van der Waals surface area contributed by atoms with Gasteiger partial charge in [0.2, 0.25) is 5.91 Å². The zero-order chi connectivity index (χ0) is 23.7. The summed E-state index contributed by atoms with van der Waals surface area (Å²) < 4.78 is 44.5. The first-order valence-corrected chi connectivity index (χ1v) is 10.4. The van der Waals surface area contributed by atoms with Crippen molar-refractivity contribution in [1.82, 2.24) is 10.2 Å². The fourth-order valence-corrected chi connectivity index (χ4v) is 3.64. The molecule has 2 aromatic rings. The molecule has 1 aliphatic rings. The molecule has 2 amide bonds. The number of alkyl halides is 3. The molecule has 1 aliphatic heterocycles. The van der Waals surface area contributed by atoms with Crippen LogP contribution < -0.4 is 5.32 Å². The number of halogens is 3. The van der Waals surface area contributed by atoms with E-state index in [-0.39, 0.29) is 5.91 Å². The molecule has 2 aromatic carbocycles. The van der Waals surface area contributed by atoms with Gasteiger partial charge in [0.1, 0.15) is 5.60 Å². The molecule has 1 N–H and O–H groups in total. The molecule has 0 aromatic heterocycles. The van der Waals surface area contributed by atoms with E-state index in [0.29, 0.717) is 31.6 Å². The average Bonchev–Trinajstić information content (AvgIpc) is 2.69. The molecule has 0 saturated carbocycles. The van der Waals surface area contributed by atoms with Crippen LogP contribution in [0.15, 0.2) is 36.4 Å². The molecule has 172 valence electrons. The lowest BCUT2D eigenvalue weighted by atomic mass is 9.88. The van der Waals surface area contributed by atoms with Crippen LogP contribution in [0.1, 0.15) is 49.9 Å². The maximum atomic E-state index is 13.0. The number of ether oxygens (including phenoxy) is 1. The third kappa shape index (κ3) is 5.81. The summed E-state index contributed by atoms with van der Waals surface area (Å²) in [5.41, 5.74) is 2.72. The van der Waals surface area contributed by atoms with Crippen molar-refractivity contribution >= 4 is 12.0 Å². The predicted molar refractivity (Wildman–Crippen MR) is 115 cm³/mol. The van der Waals surface area contributed by atoms with Gasteiger partial charge < -0.3 is 15.0 Å². The molecule has 0 bridgehead atoms. The summed E-state index contributed by atoms with van der Waals surface area (Å²) in [6.07, 6.45) is -4.27. The van der Waals surface area contributed by atoms with Crippen LogP contribution in [-0.2, 0) is 35.2 Å². The Morgan fingerprint density at radius 1 is 1.09 bits per heavy atom. The number of carbonyl (C=O) groups is 2. The van der Waals surface area contributed by atoms with Crippen molar-refractivity contribution in [3.63, 3.8) is 0 Å². The molecular formula is C24H27F3N2O3. The summed E-state index contributed by atoms with van der Waals surface area (Å²) in [7, 11) is 0. The summed E-state index contributed by atoms with van der Waals surface area (Å²) in [4.78, 5) is 25.6. The number of amides is 2. The quantitative estimate of drug-likeness (QED) is 0.693. The normalized spacial score (nSPS) is 14.0. The first-order valence-electron chi connectivity index (χ1n) is 10.4. The second-order valence-corrected chi connectivity index (χ2v) is 8.92. The van der Waals surface area contributed by atoms with Gasteiger partial charge in [0.25, 0.3) is 0 Å². The van der Waals surface area contributed by atoms with Crippen LogP contribution in [0.3, 0.4) is 0 Å². The molecule has 1 heterocycles. The van der Waals surface area contributed by atoms with Gasteiger partial charge in [0.15, 0.2) is 0 Å². The summed E-state index contributed by atoms with van der Waals surface area (Å²) >= 11 is 0. The molecule has 0 unspecified atom stereocenters. The molecule has 8 heteroatoms. The van der Waals surface area contributed by atoms with E-state index in [4.69, 9.17) is 4.74 Å². The molecule has 3 rings (SSSR count). The minimum Gasteiger partial charge on any atom is -0.444 e. The third-order valence-corrected chi connectivity index (χ3v) is 5.12. The van der Waals surface area contributed by atoms with E-state index in [1.54, 1.807) is 25.7 Å². The second kappa shape index (κ2) is 8.84. The smallest absolute Gasteiger partial charge is 0.416 e. The Kier molecular flexibility index (Phi) is 6.53. The lowest BCUT2D eigenvalue weighted by Crippen LogP contribution is -2.40. The van der Waals surface area contributed by atoms with Crippen LogP contribution in [0, 0.1) is 0 Å². The number of rotatable bonds is 3. The number of hydrogen-bond donors (Lipinski definition) is 1. The Labute approximate surface area is 185 Å². The first kappa shape index (κ1) is 23.6. The molecule has 5 nitrogen and oxygen atoms in total. The summed E-state index contributed by atoms with van der Waals surface area (Å²) in [6, 6.07) is 8.81. The van der Waals surface area contributed by atoms with E-state index in [1.807, 2.05) is 12.1 Å². The fraction of sp³-hybridized carbons (Fsp3) is 0.417. The van der Waals surface area contributed by atoms with Crippen LogP contribution in [0.2, 0.25) is 0 Å². The van der Waals surface area contributed by atoms with Gasteiger partial charge >= 0.3 is 12.3 Å². The highest BCUT2D eigenvalue weighted by Crippen LogP contribution is 2.35. The Morgan fingerprint density at radius 2 is 1.75 bits per heavy atom. The van der Waals surface area contributed by atoms with E-state index in [2.05, 4.69) is 5.32 Å². The molecule has 0 spiro atoms. The summed E-state index contributed by atoms with van der Waals surface area (Å²) in [5, 5.41) is 2.76. The maximum Gasteiger partial charge on any atom is 0.416 e. The minimum absolute atomic E-state index is 0.171. The SMILES string of the molecule is CC(=O)NCc1cc2c(c(-c3ccc(C(F)(F)F)cc3)c1)CN(C(=O)OC(C)(C)C)CC2. The van der Waals surface area contributed by atoms with Gasteiger partial charge in [0, 0.05) is 26.6 Å². The highest BCUT2D eigenvalue weighted by Gasteiger charge is 2.31. The maximum absolute atomic E-state index is 13.0. The number of carbonyl (C=O) groups excluding carboxylic acids is 2. The van der Waals surface area contributed by atoms with Crippen LogP contribution in [0.25, 0.3) is 11.1 Å². The number of nitrogens with zero attached hydrogens (tertiary/aromatic N) is 1. The third-order valence-electron chi connectivity index (χ3n) is 5.12. The van der Waals surface area contributed by atoms with E-state index in [1.165, 1.54) is 19.1 Å². The van der Waals surface area contributed by atoms with Crippen molar-refractivity contribution in [1.29, 1.82) is 0 Å². The molecule has 32 heavy (non-hydrogen) atoms. The average molecular weight is 448 g/mol. The number of benzene rings is 2. The minimum atomic E-state index is -4.42. The Balaban J connectivity index is 2.00. The van der Waals surface area contributed by atoms with Gasteiger partial charge in [-0.05, 0) is 73.2 Å². The molecule has 0 fully saturated rings. The first-order chi connectivity index (χ1) is 14.8. The summed E-state index contributed by atoms with van der Waals surface area (Å²) in [5.74, 6) is -0.171. The van der Waals surface area contributed by atoms with Gasteiger partial charge in [-0.1, -0.05) is 18.2 Å². The van der Waals surface area contributed by atoms with E-state index >= 15 is 0 Å². The van der Waals surface area contributed by atoms with Crippen LogP contribution >= 0.6 is 0 Å². The largest absolute Gasteiger partial charge is 0.444 e. The lowest BCUT2D eigenvalue weighted by molar-refractivity contribution is -0.137. The predicted octanol–water partition coefficient (Wildman–Crippen LogP) is 5.30. The van der Waals surface area contributed by atoms with Crippen molar-refractivity contribution in [3.05, 3.63) is 58.7 Å². The van der Waals surface area contributed by atoms with Gasteiger partial charge in [-0.15, -0.1) is 0 Å². The van der Waals surface area contributed by atoms with Gasteiger partial charge in [-0.3, -0.25) is 4.79 Å². The topological polar surface area (TPSA) is 58.6 Å². The van der Waals surface area contributed by atoms with Crippen LogP contribution in [0.5, 0.6) is 0 Å². The Hall–Kier alpha value is -3.03. The summed E-state index contributed by atoms with van der Waals surface area (Å²) in [6.45, 7) is 7.89. The highest BCUT2D eigenvalue weighted by atomic mass is 19.4. The Bertz CT molecular complexity index is 1010. The van der Waals surface area contributed by atoms with Gasteiger partial charge in [-0.2, -0.15) is 13.2 Å². The van der Waals surface area contributed by atoms with E-state index in [0.717, 1.165) is 34.4 Å². The zero-order valence-electron chi connectivity index (χ0n) is 18.6. The lowest BCUT2D eigenvalue weighted by Gasteiger charge is -2.32. The van der Waals surface area contributed by atoms with Gasteiger partial charge in [0.05, 0.1) is 5.56 Å². The van der Waals surface area contributed by atoms with Crippen LogP contribution in [-0.4, -0.2) is 29.0 Å². The monoisotopic (exact) mass is 448 g/mol.